The molecule has 1 unspecified atom stereocenters. The standard InChI is InChI=1S/C20H28BN3O2/c1-14-8-9-16(12-22-14)15(2)24(7)18-11-10-17(13-23-18)21-25-19(3,4)20(5,6)26-21/h8-13,15H,1-7H3. The van der Waals surface area contributed by atoms with Crippen molar-refractivity contribution in [3.8, 4) is 0 Å². The number of nitrogens with zero attached hydrogens (tertiary/aromatic N) is 3. The normalized spacial score (nSPS) is 19.4. The van der Waals surface area contributed by atoms with Gasteiger partial charge in [0.2, 0.25) is 0 Å². The van der Waals surface area contributed by atoms with Crippen molar-refractivity contribution in [2.24, 2.45) is 0 Å². The molecule has 3 heterocycles. The SMILES string of the molecule is Cc1ccc(C(C)N(C)c2ccc(B3OC(C)(C)C(C)(C)O3)cn2)cn1. The molecule has 1 saturated heterocycles. The molecular formula is C20H28BN3O2. The van der Waals surface area contributed by atoms with Gasteiger partial charge in [-0.05, 0) is 59.2 Å². The quantitative estimate of drug-likeness (QED) is 0.790. The summed E-state index contributed by atoms with van der Waals surface area (Å²) in [5, 5.41) is 0. The van der Waals surface area contributed by atoms with E-state index in [-0.39, 0.29) is 24.4 Å². The van der Waals surface area contributed by atoms with E-state index in [2.05, 4.69) is 55.6 Å². The van der Waals surface area contributed by atoms with E-state index in [0.717, 1.165) is 22.5 Å². The van der Waals surface area contributed by atoms with E-state index < -0.39 is 0 Å². The predicted molar refractivity (Wildman–Crippen MR) is 106 cm³/mol. The van der Waals surface area contributed by atoms with Crippen molar-refractivity contribution >= 4 is 18.4 Å². The molecule has 0 radical (unpaired) electrons. The first-order chi connectivity index (χ1) is 12.1. The molecule has 1 fully saturated rings. The number of rotatable bonds is 4. The predicted octanol–water partition coefficient (Wildman–Crippen LogP) is 3.28. The molecule has 6 heteroatoms. The first kappa shape index (κ1) is 18.9. The van der Waals surface area contributed by atoms with Gasteiger partial charge in [0.25, 0.3) is 0 Å². The average molecular weight is 353 g/mol. The van der Waals surface area contributed by atoms with Crippen molar-refractivity contribution in [3.63, 3.8) is 0 Å². The Kier molecular flexibility index (Phi) is 4.84. The lowest BCUT2D eigenvalue weighted by Gasteiger charge is -2.32. The third kappa shape index (κ3) is 3.48. The summed E-state index contributed by atoms with van der Waals surface area (Å²) in [6.45, 7) is 12.4. The summed E-state index contributed by atoms with van der Waals surface area (Å²) >= 11 is 0. The molecule has 138 valence electrons. The fourth-order valence-electron chi connectivity index (χ4n) is 2.87. The molecule has 0 N–H and O–H groups in total. The summed E-state index contributed by atoms with van der Waals surface area (Å²) in [6.07, 6.45) is 3.77. The summed E-state index contributed by atoms with van der Waals surface area (Å²) in [4.78, 5) is 11.2. The van der Waals surface area contributed by atoms with Crippen molar-refractivity contribution < 1.29 is 9.31 Å². The van der Waals surface area contributed by atoms with E-state index in [1.165, 1.54) is 0 Å². The van der Waals surface area contributed by atoms with Crippen molar-refractivity contribution in [1.29, 1.82) is 0 Å². The molecule has 1 aliphatic rings. The number of hydrogen-bond acceptors (Lipinski definition) is 5. The topological polar surface area (TPSA) is 47.5 Å². The number of anilines is 1. The minimum absolute atomic E-state index is 0.179. The Morgan fingerprint density at radius 1 is 0.962 bits per heavy atom. The summed E-state index contributed by atoms with van der Waals surface area (Å²) in [5.74, 6) is 0.901. The molecule has 0 bridgehead atoms. The summed E-state index contributed by atoms with van der Waals surface area (Å²) in [5.41, 5.74) is 2.43. The zero-order valence-electron chi connectivity index (χ0n) is 16.8. The lowest BCUT2D eigenvalue weighted by Crippen LogP contribution is -2.41. The maximum absolute atomic E-state index is 6.09. The van der Waals surface area contributed by atoms with Crippen LogP contribution in [-0.2, 0) is 9.31 Å². The van der Waals surface area contributed by atoms with Gasteiger partial charge in [-0.1, -0.05) is 12.1 Å². The molecule has 1 aliphatic heterocycles. The van der Waals surface area contributed by atoms with Crippen LogP contribution in [0.4, 0.5) is 5.82 Å². The molecule has 0 spiro atoms. The van der Waals surface area contributed by atoms with Crippen LogP contribution in [0, 0.1) is 6.92 Å². The van der Waals surface area contributed by atoms with Crippen LogP contribution in [0.1, 0.15) is 51.9 Å². The van der Waals surface area contributed by atoms with Gasteiger partial charge in [-0.3, -0.25) is 4.98 Å². The van der Waals surface area contributed by atoms with Gasteiger partial charge in [0.1, 0.15) is 5.82 Å². The molecule has 26 heavy (non-hydrogen) atoms. The Labute approximate surface area is 156 Å². The van der Waals surface area contributed by atoms with E-state index in [1.807, 2.05) is 44.6 Å². The number of aryl methyl sites for hydroxylation is 1. The van der Waals surface area contributed by atoms with Gasteiger partial charge < -0.3 is 14.2 Å². The Hall–Kier alpha value is -1.92. The Morgan fingerprint density at radius 2 is 1.62 bits per heavy atom. The Balaban J connectivity index is 1.74. The van der Waals surface area contributed by atoms with E-state index in [1.54, 1.807) is 0 Å². The molecular weight excluding hydrogens is 325 g/mol. The third-order valence-corrected chi connectivity index (χ3v) is 5.66. The maximum Gasteiger partial charge on any atom is 0.496 e. The monoisotopic (exact) mass is 353 g/mol. The Morgan fingerprint density at radius 3 is 2.12 bits per heavy atom. The minimum atomic E-state index is -0.384. The highest BCUT2D eigenvalue weighted by molar-refractivity contribution is 6.62. The van der Waals surface area contributed by atoms with Crippen LogP contribution in [0.15, 0.2) is 36.7 Å². The van der Waals surface area contributed by atoms with E-state index in [0.29, 0.717) is 0 Å². The second kappa shape index (κ2) is 6.67. The van der Waals surface area contributed by atoms with Crippen LogP contribution < -0.4 is 10.4 Å². The molecule has 2 aromatic heterocycles. The van der Waals surface area contributed by atoms with Gasteiger partial charge in [-0.25, -0.2) is 4.98 Å². The molecule has 0 amide bonds. The molecule has 0 aromatic carbocycles. The highest BCUT2D eigenvalue weighted by Gasteiger charge is 2.51. The molecule has 1 atom stereocenters. The van der Waals surface area contributed by atoms with Crippen LogP contribution in [0.2, 0.25) is 0 Å². The Bertz CT molecular complexity index is 744. The van der Waals surface area contributed by atoms with Gasteiger partial charge in [-0.15, -0.1) is 0 Å². The first-order valence-electron chi connectivity index (χ1n) is 9.08. The second-order valence-electron chi connectivity index (χ2n) is 8.06. The number of hydrogen-bond donors (Lipinski definition) is 0. The van der Waals surface area contributed by atoms with E-state index in [4.69, 9.17) is 9.31 Å². The zero-order chi connectivity index (χ0) is 19.1. The first-order valence-corrected chi connectivity index (χ1v) is 9.08. The fraction of sp³-hybridized carbons (Fsp3) is 0.500. The molecule has 3 rings (SSSR count). The average Bonchev–Trinajstić information content (AvgIpc) is 2.82. The van der Waals surface area contributed by atoms with Crippen LogP contribution in [-0.4, -0.2) is 35.3 Å². The van der Waals surface area contributed by atoms with Gasteiger partial charge in [0.05, 0.1) is 17.2 Å². The van der Waals surface area contributed by atoms with Crippen LogP contribution in [0.5, 0.6) is 0 Å². The van der Waals surface area contributed by atoms with Crippen LogP contribution in [0.3, 0.4) is 0 Å². The van der Waals surface area contributed by atoms with Crippen molar-refractivity contribution in [1.82, 2.24) is 9.97 Å². The summed E-state index contributed by atoms with van der Waals surface area (Å²) in [7, 11) is 1.66. The fourth-order valence-corrected chi connectivity index (χ4v) is 2.87. The summed E-state index contributed by atoms with van der Waals surface area (Å²) in [6, 6.07) is 8.37. The van der Waals surface area contributed by atoms with Crippen LogP contribution >= 0.6 is 0 Å². The number of aromatic nitrogens is 2. The largest absolute Gasteiger partial charge is 0.496 e. The van der Waals surface area contributed by atoms with Gasteiger partial charge in [0, 0.05) is 30.6 Å². The summed E-state index contributed by atoms with van der Waals surface area (Å²) < 4.78 is 12.2. The van der Waals surface area contributed by atoms with E-state index in [9.17, 15) is 0 Å². The lowest BCUT2D eigenvalue weighted by molar-refractivity contribution is 0.00578. The zero-order valence-corrected chi connectivity index (χ0v) is 16.8. The van der Waals surface area contributed by atoms with Gasteiger partial charge in [0.15, 0.2) is 0 Å². The molecule has 2 aromatic rings. The van der Waals surface area contributed by atoms with Crippen molar-refractivity contribution in [3.05, 3.63) is 47.9 Å². The molecule has 0 saturated carbocycles. The second-order valence-corrected chi connectivity index (χ2v) is 8.06. The van der Waals surface area contributed by atoms with Crippen molar-refractivity contribution in [2.45, 2.75) is 58.8 Å². The van der Waals surface area contributed by atoms with Gasteiger partial charge >= 0.3 is 7.12 Å². The maximum atomic E-state index is 6.09. The third-order valence-electron chi connectivity index (χ3n) is 5.66. The minimum Gasteiger partial charge on any atom is -0.399 e. The molecule has 0 aliphatic carbocycles. The number of pyridine rings is 2. The van der Waals surface area contributed by atoms with E-state index >= 15 is 0 Å². The van der Waals surface area contributed by atoms with Crippen LogP contribution in [0.25, 0.3) is 0 Å². The molecule has 5 nitrogen and oxygen atoms in total. The highest BCUT2D eigenvalue weighted by atomic mass is 16.7. The highest BCUT2D eigenvalue weighted by Crippen LogP contribution is 2.36. The lowest BCUT2D eigenvalue weighted by atomic mass is 9.80. The smallest absolute Gasteiger partial charge is 0.399 e. The van der Waals surface area contributed by atoms with Crippen molar-refractivity contribution in [2.75, 3.05) is 11.9 Å². The van der Waals surface area contributed by atoms with Gasteiger partial charge in [-0.2, -0.15) is 0 Å².